The predicted octanol–water partition coefficient (Wildman–Crippen LogP) is 4.16. The molecule has 0 aliphatic carbocycles. The van der Waals surface area contributed by atoms with Gasteiger partial charge in [-0.05, 0) is 71.1 Å². The molecule has 0 aromatic heterocycles. The normalized spacial score (nSPS) is 13.7. The molecule has 0 aromatic carbocycles. The van der Waals surface area contributed by atoms with Gasteiger partial charge in [-0.25, -0.2) is 0 Å². The van der Waals surface area contributed by atoms with Gasteiger partial charge in [0.25, 0.3) is 0 Å². The Bertz CT molecular complexity index is 178. The van der Waals surface area contributed by atoms with E-state index in [-0.39, 0.29) is 0 Å². The fourth-order valence-electron chi connectivity index (χ4n) is 2.15. The maximum Gasteiger partial charge on any atom is 0.00357 e. The van der Waals surface area contributed by atoms with Crippen LogP contribution < -0.4 is 5.32 Å². The first-order chi connectivity index (χ1) is 8.95. The summed E-state index contributed by atoms with van der Waals surface area (Å²) in [6.07, 6.45) is 6.68. The molecule has 0 rings (SSSR count). The number of hydrogen-bond acceptors (Lipinski definition) is 2. The lowest BCUT2D eigenvalue weighted by Crippen LogP contribution is -2.29. The molecule has 0 fully saturated rings. The van der Waals surface area contributed by atoms with Gasteiger partial charge in [-0.2, -0.15) is 0 Å². The molecule has 19 heavy (non-hydrogen) atoms. The molecule has 0 radical (unpaired) electrons. The van der Waals surface area contributed by atoms with Gasteiger partial charge in [-0.3, -0.25) is 0 Å². The molecule has 0 spiro atoms. The molecule has 0 aliphatic heterocycles. The molecule has 2 nitrogen and oxygen atoms in total. The van der Waals surface area contributed by atoms with Crippen molar-refractivity contribution in [1.82, 2.24) is 10.2 Å². The molecule has 0 aliphatic rings. The lowest BCUT2D eigenvalue weighted by Gasteiger charge is -2.24. The van der Waals surface area contributed by atoms with Crippen molar-refractivity contribution < 1.29 is 0 Å². The van der Waals surface area contributed by atoms with Gasteiger partial charge in [0.1, 0.15) is 0 Å². The van der Waals surface area contributed by atoms with E-state index in [1.54, 1.807) is 0 Å². The average molecular weight is 271 g/mol. The molecular weight excluding hydrogens is 232 g/mol. The van der Waals surface area contributed by atoms with Crippen molar-refractivity contribution >= 4 is 0 Å². The zero-order valence-electron chi connectivity index (χ0n) is 14.3. The second-order valence-corrected chi connectivity index (χ2v) is 6.89. The van der Waals surface area contributed by atoms with Gasteiger partial charge in [0.15, 0.2) is 0 Å². The largest absolute Gasteiger partial charge is 0.317 e. The first kappa shape index (κ1) is 18.9. The lowest BCUT2D eigenvalue weighted by molar-refractivity contribution is 0.237. The van der Waals surface area contributed by atoms with E-state index in [9.17, 15) is 0 Å². The fraction of sp³-hybridized carbons (Fsp3) is 1.00. The monoisotopic (exact) mass is 270 g/mol. The van der Waals surface area contributed by atoms with Crippen LogP contribution in [0.15, 0.2) is 0 Å². The Morgan fingerprint density at radius 1 is 0.737 bits per heavy atom. The first-order valence-electron chi connectivity index (χ1n) is 8.35. The van der Waals surface area contributed by atoms with E-state index in [0.29, 0.717) is 6.04 Å². The minimum absolute atomic E-state index is 0.666. The topological polar surface area (TPSA) is 15.3 Å². The van der Waals surface area contributed by atoms with Crippen LogP contribution in [0, 0.1) is 11.8 Å². The summed E-state index contributed by atoms with van der Waals surface area (Å²) in [5.41, 5.74) is 0. The standard InChI is InChI=1S/C17H38N2/c1-15(2)10-13-19(14-11-16(3)4)12-8-7-9-17(5)18-6/h15-18H,7-14H2,1-6H3. The van der Waals surface area contributed by atoms with Crippen LogP contribution in [0.4, 0.5) is 0 Å². The van der Waals surface area contributed by atoms with Gasteiger partial charge in [-0.1, -0.05) is 34.1 Å². The molecule has 1 unspecified atom stereocenters. The molecule has 0 bridgehead atoms. The van der Waals surface area contributed by atoms with Crippen LogP contribution in [-0.4, -0.2) is 37.6 Å². The van der Waals surface area contributed by atoms with Crippen molar-refractivity contribution in [2.24, 2.45) is 11.8 Å². The molecule has 1 atom stereocenters. The fourth-order valence-corrected chi connectivity index (χ4v) is 2.15. The summed E-state index contributed by atoms with van der Waals surface area (Å²) < 4.78 is 0. The lowest BCUT2D eigenvalue weighted by atomic mass is 10.1. The maximum absolute atomic E-state index is 3.32. The van der Waals surface area contributed by atoms with Crippen LogP contribution in [0.5, 0.6) is 0 Å². The van der Waals surface area contributed by atoms with Crippen LogP contribution >= 0.6 is 0 Å². The average Bonchev–Trinajstić information content (AvgIpc) is 2.35. The minimum atomic E-state index is 0.666. The highest BCUT2D eigenvalue weighted by Crippen LogP contribution is 2.09. The Morgan fingerprint density at radius 2 is 1.26 bits per heavy atom. The SMILES string of the molecule is CNC(C)CCCCN(CCC(C)C)CCC(C)C. The Labute approximate surface area is 122 Å². The molecule has 2 heteroatoms. The highest BCUT2D eigenvalue weighted by Gasteiger charge is 2.07. The summed E-state index contributed by atoms with van der Waals surface area (Å²) in [7, 11) is 2.06. The molecule has 0 saturated heterocycles. The van der Waals surface area contributed by atoms with Crippen molar-refractivity contribution in [3.05, 3.63) is 0 Å². The van der Waals surface area contributed by atoms with Crippen LogP contribution in [0.3, 0.4) is 0 Å². The summed E-state index contributed by atoms with van der Waals surface area (Å²) in [5.74, 6) is 1.65. The Morgan fingerprint density at radius 3 is 1.68 bits per heavy atom. The summed E-state index contributed by atoms with van der Waals surface area (Å²) in [6.45, 7) is 15.4. The number of rotatable bonds is 12. The molecule has 1 N–H and O–H groups in total. The number of hydrogen-bond donors (Lipinski definition) is 1. The molecule has 0 saturated carbocycles. The van der Waals surface area contributed by atoms with Gasteiger partial charge in [0.05, 0.1) is 0 Å². The van der Waals surface area contributed by atoms with Gasteiger partial charge >= 0.3 is 0 Å². The second-order valence-electron chi connectivity index (χ2n) is 6.89. The molecular formula is C17H38N2. The van der Waals surface area contributed by atoms with E-state index in [0.717, 1.165) is 11.8 Å². The van der Waals surface area contributed by atoms with Crippen LogP contribution in [0.1, 0.15) is 66.7 Å². The zero-order valence-corrected chi connectivity index (χ0v) is 14.3. The molecule has 0 aromatic rings. The van der Waals surface area contributed by atoms with E-state index in [2.05, 4.69) is 51.9 Å². The van der Waals surface area contributed by atoms with Crippen LogP contribution in [-0.2, 0) is 0 Å². The summed E-state index contributed by atoms with van der Waals surface area (Å²) in [6, 6.07) is 0.666. The summed E-state index contributed by atoms with van der Waals surface area (Å²) >= 11 is 0. The maximum atomic E-state index is 3.32. The van der Waals surface area contributed by atoms with E-state index < -0.39 is 0 Å². The van der Waals surface area contributed by atoms with E-state index in [1.807, 2.05) is 0 Å². The van der Waals surface area contributed by atoms with Gasteiger partial charge in [-0.15, -0.1) is 0 Å². The van der Waals surface area contributed by atoms with Crippen LogP contribution in [0.2, 0.25) is 0 Å². The van der Waals surface area contributed by atoms with E-state index >= 15 is 0 Å². The van der Waals surface area contributed by atoms with Crippen molar-refractivity contribution in [3.63, 3.8) is 0 Å². The van der Waals surface area contributed by atoms with Gasteiger partial charge in [0.2, 0.25) is 0 Å². The third-order valence-electron chi connectivity index (χ3n) is 3.90. The predicted molar refractivity (Wildman–Crippen MR) is 87.7 cm³/mol. The van der Waals surface area contributed by atoms with Gasteiger partial charge < -0.3 is 10.2 Å². The van der Waals surface area contributed by atoms with Crippen molar-refractivity contribution in [3.8, 4) is 0 Å². The van der Waals surface area contributed by atoms with Crippen molar-refractivity contribution in [2.75, 3.05) is 26.7 Å². The highest BCUT2D eigenvalue weighted by molar-refractivity contribution is 4.63. The van der Waals surface area contributed by atoms with E-state index in [1.165, 1.54) is 51.7 Å². The summed E-state index contributed by atoms with van der Waals surface area (Å²) in [4.78, 5) is 2.68. The Hall–Kier alpha value is -0.0800. The van der Waals surface area contributed by atoms with Gasteiger partial charge in [0, 0.05) is 6.04 Å². The molecule has 116 valence electrons. The first-order valence-corrected chi connectivity index (χ1v) is 8.35. The number of nitrogens with one attached hydrogen (secondary N) is 1. The second kappa shape index (κ2) is 11.7. The van der Waals surface area contributed by atoms with Crippen LogP contribution in [0.25, 0.3) is 0 Å². The molecule has 0 amide bonds. The smallest absolute Gasteiger partial charge is 0.00357 e. The quantitative estimate of drug-likeness (QED) is 0.536. The third kappa shape index (κ3) is 12.7. The Kier molecular flexibility index (Phi) is 11.7. The zero-order chi connectivity index (χ0) is 14.7. The highest BCUT2D eigenvalue weighted by atomic mass is 15.1. The molecule has 0 heterocycles. The van der Waals surface area contributed by atoms with Crippen molar-refractivity contribution in [2.45, 2.75) is 72.8 Å². The Balaban J connectivity index is 3.83. The van der Waals surface area contributed by atoms with E-state index in [4.69, 9.17) is 0 Å². The minimum Gasteiger partial charge on any atom is -0.317 e. The van der Waals surface area contributed by atoms with Crippen molar-refractivity contribution in [1.29, 1.82) is 0 Å². The number of unbranched alkanes of at least 4 members (excludes halogenated alkanes) is 1. The number of nitrogens with zero attached hydrogens (tertiary/aromatic N) is 1. The third-order valence-corrected chi connectivity index (χ3v) is 3.90. The summed E-state index contributed by atoms with van der Waals surface area (Å²) in [5, 5.41) is 3.32.